The van der Waals surface area contributed by atoms with Crippen molar-refractivity contribution in [1.29, 1.82) is 0 Å². The number of quaternary nitrogens is 1. The molecule has 0 saturated heterocycles. The Bertz CT molecular complexity index is 539. The Labute approximate surface area is 129 Å². The van der Waals surface area contributed by atoms with E-state index in [-0.39, 0.29) is 0 Å². The molecule has 0 unspecified atom stereocenters. The van der Waals surface area contributed by atoms with E-state index in [9.17, 15) is 0 Å². The van der Waals surface area contributed by atoms with Crippen molar-refractivity contribution in [1.82, 2.24) is 0 Å². The van der Waals surface area contributed by atoms with Crippen LogP contribution in [0, 0.1) is 0 Å². The molecular formula is C17H21BrNO+. The van der Waals surface area contributed by atoms with Gasteiger partial charge in [0.15, 0.2) is 0 Å². The van der Waals surface area contributed by atoms with Gasteiger partial charge in [0.05, 0.1) is 13.2 Å². The second kappa shape index (κ2) is 7.46. The van der Waals surface area contributed by atoms with Crippen LogP contribution in [0.15, 0.2) is 53.0 Å². The van der Waals surface area contributed by atoms with Gasteiger partial charge in [-0.15, -0.1) is 0 Å². The molecule has 0 spiro atoms. The van der Waals surface area contributed by atoms with Crippen LogP contribution in [0.3, 0.4) is 0 Å². The van der Waals surface area contributed by atoms with E-state index in [4.69, 9.17) is 4.74 Å². The molecule has 2 rings (SSSR count). The zero-order valence-corrected chi connectivity index (χ0v) is 13.6. The number of hydrogen-bond donors (Lipinski definition) is 1. The van der Waals surface area contributed by atoms with Crippen molar-refractivity contribution in [3.63, 3.8) is 0 Å². The SMILES string of the molecule is COc1ccc(C[C@@H](C)[NH2+]Cc2cccc(Br)c2)cc1. The van der Waals surface area contributed by atoms with Gasteiger partial charge in [-0.2, -0.15) is 0 Å². The van der Waals surface area contributed by atoms with Gasteiger partial charge < -0.3 is 10.1 Å². The van der Waals surface area contributed by atoms with Gasteiger partial charge in [-0.25, -0.2) is 0 Å². The van der Waals surface area contributed by atoms with Crippen molar-refractivity contribution in [2.45, 2.75) is 25.9 Å². The summed E-state index contributed by atoms with van der Waals surface area (Å²) >= 11 is 3.51. The Balaban J connectivity index is 1.84. The first kappa shape index (κ1) is 15.1. The predicted octanol–water partition coefficient (Wildman–Crippen LogP) is 3.15. The second-order valence-electron chi connectivity index (χ2n) is 5.10. The molecule has 2 nitrogen and oxygen atoms in total. The first-order valence-corrected chi connectivity index (χ1v) is 7.67. The van der Waals surface area contributed by atoms with Crippen LogP contribution in [-0.4, -0.2) is 13.2 Å². The van der Waals surface area contributed by atoms with E-state index in [0.29, 0.717) is 6.04 Å². The zero-order chi connectivity index (χ0) is 14.4. The van der Waals surface area contributed by atoms with Crippen molar-refractivity contribution in [2.75, 3.05) is 7.11 Å². The van der Waals surface area contributed by atoms with Gasteiger partial charge in [0.25, 0.3) is 0 Å². The molecule has 1 atom stereocenters. The summed E-state index contributed by atoms with van der Waals surface area (Å²) in [4.78, 5) is 0. The van der Waals surface area contributed by atoms with Gasteiger partial charge in [0, 0.05) is 16.5 Å². The summed E-state index contributed by atoms with van der Waals surface area (Å²) in [5.41, 5.74) is 2.70. The molecule has 0 amide bonds. The van der Waals surface area contributed by atoms with Crippen molar-refractivity contribution >= 4 is 15.9 Å². The second-order valence-corrected chi connectivity index (χ2v) is 6.01. The standard InChI is InChI=1S/C17H20BrNO/c1-13(10-14-6-8-17(20-2)9-7-14)19-12-15-4-3-5-16(18)11-15/h3-9,11,13,19H,10,12H2,1-2H3/p+1/t13-/m1/s1. The molecular weight excluding hydrogens is 314 g/mol. The zero-order valence-electron chi connectivity index (χ0n) is 12.0. The van der Waals surface area contributed by atoms with Crippen molar-refractivity contribution in [3.8, 4) is 5.75 Å². The third kappa shape index (κ3) is 4.66. The summed E-state index contributed by atoms with van der Waals surface area (Å²) in [7, 11) is 1.70. The highest BCUT2D eigenvalue weighted by atomic mass is 79.9. The lowest BCUT2D eigenvalue weighted by Crippen LogP contribution is -2.88. The van der Waals surface area contributed by atoms with Crippen LogP contribution in [0.5, 0.6) is 5.75 Å². The largest absolute Gasteiger partial charge is 0.497 e. The summed E-state index contributed by atoms with van der Waals surface area (Å²) in [5.74, 6) is 0.916. The fraction of sp³-hybridized carbons (Fsp3) is 0.294. The molecule has 3 heteroatoms. The Morgan fingerprint density at radius 1 is 1.10 bits per heavy atom. The highest BCUT2D eigenvalue weighted by Gasteiger charge is 2.07. The fourth-order valence-electron chi connectivity index (χ4n) is 2.22. The van der Waals surface area contributed by atoms with E-state index < -0.39 is 0 Å². The normalized spacial score (nSPS) is 12.2. The van der Waals surface area contributed by atoms with E-state index in [0.717, 1.165) is 23.2 Å². The molecule has 0 aliphatic carbocycles. The van der Waals surface area contributed by atoms with Gasteiger partial charge in [0.2, 0.25) is 0 Å². The van der Waals surface area contributed by atoms with E-state index in [2.05, 4.69) is 64.6 Å². The van der Waals surface area contributed by atoms with Crippen LogP contribution in [0.4, 0.5) is 0 Å². The van der Waals surface area contributed by atoms with E-state index in [1.807, 2.05) is 12.1 Å². The predicted molar refractivity (Wildman–Crippen MR) is 85.9 cm³/mol. The lowest BCUT2D eigenvalue weighted by Gasteiger charge is -2.11. The fourth-order valence-corrected chi connectivity index (χ4v) is 2.66. The van der Waals surface area contributed by atoms with E-state index in [1.54, 1.807) is 7.11 Å². The highest BCUT2D eigenvalue weighted by Crippen LogP contribution is 2.12. The maximum atomic E-state index is 5.18. The van der Waals surface area contributed by atoms with Crippen LogP contribution in [-0.2, 0) is 13.0 Å². The lowest BCUT2D eigenvalue weighted by atomic mass is 10.1. The number of rotatable bonds is 6. The first-order valence-electron chi connectivity index (χ1n) is 6.88. The average Bonchev–Trinajstić information content (AvgIpc) is 2.46. The molecule has 0 radical (unpaired) electrons. The van der Waals surface area contributed by atoms with Crippen molar-refractivity contribution in [3.05, 3.63) is 64.1 Å². The molecule has 2 aromatic carbocycles. The molecule has 0 saturated carbocycles. The Hall–Kier alpha value is -1.32. The number of methoxy groups -OCH3 is 1. The molecule has 106 valence electrons. The van der Waals surface area contributed by atoms with Crippen LogP contribution >= 0.6 is 15.9 Å². The Morgan fingerprint density at radius 3 is 2.50 bits per heavy atom. The van der Waals surface area contributed by atoms with E-state index in [1.165, 1.54) is 11.1 Å². The summed E-state index contributed by atoms with van der Waals surface area (Å²) in [6.45, 7) is 3.28. The van der Waals surface area contributed by atoms with Crippen molar-refractivity contribution in [2.24, 2.45) is 0 Å². The molecule has 2 aromatic rings. The van der Waals surface area contributed by atoms with Crippen LogP contribution in [0.1, 0.15) is 18.1 Å². The number of ether oxygens (including phenoxy) is 1. The molecule has 0 aromatic heterocycles. The average molecular weight is 335 g/mol. The van der Waals surface area contributed by atoms with Crippen LogP contribution < -0.4 is 10.1 Å². The van der Waals surface area contributed by atoms with Crippen molar-refractivity contribution < 1.29 is 10.1 Å². The lowest BCUT2D eigenvalue weighted by molar-refractivity contribution is -0.701. The van der Waals surface area contributed by atoms with Gasteiger partial charge >= 0.3 is 0 Å². The minimum atomic E-state index is 0.558. The summed E-state index contributed by atoms with van der Waals surface area (Å²) < 4.78 is 6.32. The minimum Gasteiger partial charge on any atom is -0.497 e. The third-order valence-corrected chi connectivity index (χ3v) is 3.85. The number of benzene rings is 2. The first-order chi connectivity index (χ1) is 9.67. The van der Waals surface area contributed by atoms with E-state index >= 15 is 0 Å². The maximum Gasteiger partial charge on any atom is 0.118 e. The monoisotopic (exact) mass is 334 g/mol. The third-order valence-electron chi connectivity index (χ3n) is 3.36. The highest BCUT2D eigenvalue weighted by molar-refractivity contribution is 9.10. The Morgan fingerprint density at radius 2 is 1.85 bits per heavy atom. The smallest absolute Gasteiger partial charge is 0.118 e. The molecule has 0 aliphatic rings. The molecule has 0 fully saturated rings. The van der Waals surface area contributed by atoms with Gasteiger partial charge in [-0.1, -0.05) is 40.2 Å². The topological polar surface area (TPSA) is 25.8 Å². The van der Waals surface area contributed by atoms with Crippen LogP contribution in [0.25, 0.3) is 0 Å². The molecule has 0 heterocycles. The minimum absolute atomic E-state index is 0.558. The molecule has 20 heavy (non-hydrogen) atoms. The summed E-state index contributed by atoms with van der Waals surface area (Å²) in [6, 6.07) is 17.4. The van der Waals surface area contributed by atoms with Gasteiger partial charge in [0.1, 0.15) is 12.3 Å². The van der Waals surface area contributed by atoms with Crippen LogP contribution in [0.2, 0.25) is 0 Å². The Kier molecular flexibility index (Phi) is 5.62. The molecule has 0 bridgehead atoms. The molecule has 0 aliphatic heterocycles. The number of hydrogen-bond acceptors (Lipinski definition) is 1. The summed E-state index contributed by atoms with van der Waals surface area (Å²) in [5, 5.41) is 2.38. The number of halogens is 1. The number of nitrogens with two attached hydrogens (primary N) is 1. The maximum absolute atomic E-state index is 5.18. The molecule has 2 N–H and O–H groups in total. The summed E-state index contributed by atoms with van der Waals surface area (Å²) in [6.07, 6.45) is 1.07. The quantitative estimate of drug-likeness (QED) is 0.862. The van der Waals surface area contributed by atoms with Gasteiger partial charge in [-0.05, 0) is 36.8 Å². The van der Waals surface area contributed by atoms with Gasteiger partial charge in [-0.3, -0.25) is 0 Å².